The van der Waals surface area contributed by atoms with Crippen molar-refractivity contribution < 1.29 is 14.3 Å². The number of aromatic nitrogens is 1. The molecule has 5 heteroatoms. The Kier molecular flexibility index (Phi) is 3.69. The van der Waals surface area contributed by atoms with Gasteiger partial charge in [0.15, 0.2) is 0 Å². The molecule has 1 aromatic rings. The van der Waals surface area contributed by atoms with Crippen molar-refractivity contribution in [1.29, 1.82) is 0 Å². The Morgan fingerprint density at radius 3 is 2.72 bits per heavy atom. The van der Waals surface area contributed by atoms with Crippen molar-refractivity contribution in [3.05, 3.63) is 17.7 Å². The molecule has 1 aliphatic rings. The van der Waals surface area contributed by atoms with E-state index >= 15 is 0 Å². The van der Waals surface area contributed by atoms with Crippen molar-refractivity contribution in [3.8, 4) is 5.88 Å². The van der Waals surface area contributed by atoms with Crippen LogP contribution in [0.15, 0.2) is 12.1 Å². The van der Waals surface area contributed by atoms with E-state index in [1.54, 1.807) is 6.07 Å². The van der Waals surface area contributed by atoms with Crippen molar-refractivity contribution in [1.82, 2.24) is 4.98 Å². The first kappa shape index (κ1) is 12.7. The maximum Gasteiger partial charge on any atom is 0.343 e. The molecule has 1 fully saturated rings. The SMILES string of the molecule is COC(=O)c1ccc(N(C)CC2CC2)nc1OC. The Labute approximate surface area is 107 Å². The number of esters is 1. The minimum atomic E-state index is -0.434. The highest BCUT2D eigenvalue weighted by Crippen LogP contribution is 2.31. The molecule has 98 valence electrons. The highest BCUT2D eigenvalue weighted by atomic mass is 16.5. The van der Waals surface area contributed by atoms with Crippen LogP contribution in [0.2, 0.25) is 0 Å². The molecule has 1 aliphatic carbocycles. The van der Waals surface area contributed by atoms with Gasteiger partial charge in [-0.2, -0.15) is 4.98 Å². The number of pyridine rings is 1. The molecule has 0 unspecified atom stereocenters. The molecule has 0 radical (unpaired) electrons. The molecule has 0 saturated heterocycles. The quantitative estimate of drug-likeness (QED) is 0.745. The monoisotopic (exact) mass is 250 g/mol. The van der Waals surface area contributed by atoms with Gasteiger partial charge < -0.3 is 14.4 Å². The minimum absolute atomic E-state index is 0.307. The van der Waals surface area contributed by atoms with Gasteiger partial charge in [-0.25, -0.2) is 4.79 Å². The van der Waals surface area contributed by atoms with Gasteiger partial charge in [0.1, 0.15) is 11.4 Å². The maximum absolute atomic E-state index is 11.5. The number of hydrogen-bond acceptors (Lipinski definition) is 5. The summed E-state index contributed by atoms with van der Waals surface area (Å²) in [5, 5.41) is 0. The van der Waals surface area contributed by atoms with Crippen molar-refractivity contribution in [2.45, 2.75) is 12.8 Å². The van der Waals surface area contributed by atoms with Crippen molar-refractivity contribution in [2.75, 3.05) is 32.7 Å². The molecule has 0 bridgehead atoms. The molecule has 18 heavy (non-hydrogen) atoms. The molecule has 1 heterocycles. The number of carbonyl (C=O) groups excluding carboxylic acids is 1. The summed E-state index contributed by atoms with van der Waals surface area (Å²) >= 11 is 0. The Morgan fingerprint density at radius 2 is 2.17 bits per heavy atom. The molecule has 0 N–H and O–H groups in total. The maximum atomic E-state index is 11.5. The zero-order valence-corrected chi connectivity index (χ0v) is 11.0. The smallest absolute Gasteiger partial charge is 0.343 e. The number of methoxy groups -OCH3 is 2. The second-order valence-electron chi connectivity index (χ2n) is 4.54. The van der Waals surface area contributed by atoms with Gasteiger partial charge in [0.05, 0.1) is 14.2 Å². The molecule has 0 amide bonds. The van der Waals surface area contributed by atoms with E-state index in [4.69, 9.17) is 4.74 Å². The summed E-state index contributed by atoms with van der Waals surface area (Å²) in [5.41, 5.74) is 0.351. The van der Waals surface area contributed by atoms with E-state index in [9.17, 15) is 4.79 Å². The third-order valence-corrected chi connectivity index (χ3v) is 3.06. The van der Waals surface area contributed by atoms with Crippen LogP contribution >= 0.6 is 0 Å². The van der Waals surface area contributed by atoms with E-state index in [1.165, 1.54) is 27.1 Å². The Balaban J connectivity index is 2.19. The lowest BCUT2D eigenvalue weighted by Crippen LogP contribution is -2.21. The summed E-state index contributed by atoms with van der Waals surface area (Å²) in [6.45, 7) is 0.994. The fourth-order valence-electron chi connectivity index (χ4n) is 1.85. The number of anilines is 1. The number of ether oxygens (including phenoxy) is 2. The average Bonchev–Trinajstić information content (AvgIpc) is 3.20. The molecule has 1 saturated carbocycles. The van der Waals surface area contributed by atoms with Gasteiger partial charge in [-0.3, -0.25) is 0 Å². The molecule has 5 nitrogen and oxygen atoms in total. The van der Waals surface area contributed by atoms with Crippen LogP contribution in [0.25, 0.3) is 0 Å². The molecule has 0 spiro atoms. The summed E-state index contributed by atoms with van der Waals surface area (Å²) < 4.78 is 9.82. The van der Waals surface area contributed by atoms with Gasteiger partial charge in [-0.05, 0) is 30.9 Å². The third-order valence-electron chi connectivity index (χ3n) is 3.06. The van der Waals surface area contributed by atoms with E-state index in [-0.39, 0.29) is 0 Å². The normalized spacial score (nSPS) is 14.2. The highest BCUT2D eigenvalue weighted by molar-refractivity contribution is 5.92. The van der Waals surface area contributed by atoms with E-state index in [2.05, 4.69) is 14.6 Å². The highest BCUT2D eigenvalue weighted by Gasteiger charge is 2.24. The van der Waals surface area contributed by atoms with Crippen molar-refractivity contribution in [3.63, 3.8) is 0 Å². The molecular formula is C13H18N2O3. The molecular weight excluding hydrogens is 232 g/mol. The molecule has 0 atom stereocenters. The molecule has 0 aromatic carbocycles. The Morgan fingerprint density at radius 1 is 1.44 bits per heavy atom. The zero-order valence-electron chi connectivity index (χ0n) is 11.0. The second kappa shape index (κ2) is 5.25. The van der Waals surface area contributed by atoms with E-state index < -0.39 is 5.97 Å². The summed E-state index contributed by atoms with van der Waals surface area (Å²) in [7, 11) is 4.84. The standard InChI is InChI=1S/C13H18N2O3/c1-15(8-9-4-5-9)11-7-6-10(13(16)18-3)12(14-11)17-2/h6-7,9H,4-5,8H2,1-3H3. The van der Waals surface area contributed by atoms with Crippen LogP contribution in [0, 0.1) is 5.92 Å². The first-order valence-corrected chi connectivity index (χ1v) is 6.00. The van der Waals surface area contributed by atoms with Crippen LogP contribution in [0.1, 0.15) is 23.2 Å². The number of nitrogens with zero attached hydrogens (tertiary/aromatic N) is 2. The van der Waals surface area contributed by atoms with Gasteiger partial charge in [0, 0.05) is 13.6 Å². The largest absolute Gasteiger partial charge is 0.480 e. The summed E-state index contributed by atoms with van der Waals surface area (Å²) in [5.74, 6) is 1.47. The second-order valence-corrected chi connectivity index (χ2v) is 4.54. The minimum Gasteiger partial charge on any atom is -0.480 e. The van der Waals surface area contributed by atoms with Gasteiger partial charge in [-0.15, -0.1) is 0 Å². The lowest BCUT2D eigenvalue weighted by atomic mass is 10.2. The fourth-order valence-corrected chi connectivity index (χ4v) is 1.85. The van der Waals surface area contributed by atoms with Gasteiger partial charge >= 0.3 is 5.97 Å². The van der Waals surface area contributed by atoms with Crippen LogP contribution in [0.3, 0.4) is 0 Å². The first-order valence-electron chi connectivity index (χ1n) is 6.00. The van der Waals surface area contributed by atoms with Crippen LogP contribution in [-0.4, -0.2) is 38.8 Å². The van der Waals surface area contributed by atoms with E-state index in [0.717, 1.165) is 18.3 Å². The predicted octanol–water partition coefficient (Wildman–Crippen LogP) is 1.72. The third kappa shape index (κ3) is 2.72. The van der Waals surface area contributed by atoms with Crippen LogP contribution < -0.4 is 9.64 Å². The van der Waals surface area contributed by atoms with E-state index in [1.807, 2.05) is 13.1 Å². The average molecular weight is 250 g/mol. The molecule has 1 aromatic heterocycles. The summed E-state index contributed by atoms with van der Waals surface area (Å²) in [6.07, 6.45) is 2.59. The van der Waals surface area contributed by atoms with Gasteiger partial charge in [0.25, 0.3) is 0 Å². The van der Waals surface area contributed by atoms with Crippen LogP contribution in [0.5, 0.6) is 5.88 Å². The summed E-state index contributed by atoms with van der Waals surface area (Å²) in [4.78, 5) is 17.9. The van der Waals surface area contributed by atoms with Crippen molar-refractivity contribution in [2.24, 2.45) is 5.92 Å². The number of rotatable bonds is 5. The predicted molar refractivity (Wildman–Crippen MR) is 68.1 cm³/mol. The summed E-state index contributed by atoms with van der Waals surface area (Å²) in [6, 6.07) is 3.51. The lowest BCUT2D eigenvalue weighted by Gasteiger charge is -2.18. The molecule has 0 aliphatic heterocycles. The lowest BCUT2D eigenvalue weighted by molar-refractivity contribution is 0.0596. The Bertz CT molecular complexity index is 444. The topological polar surface area (TPSA) is 51.7 Å². The van der Waals surface area contributed by atoms with E-state index in [0.29, 0.717) is 11.4 Å². The number of hydrogen-bond donors (Lipinski definition) is 0. The van der Waals surface area contributed by atoms with Gasteiger partial charge in [0.2, 0.25) is 5.88 Å². The zero-order chi connectivity index (χ0) is 13.1. The van der Waals surface area contributed by atoms with Crippen molar-refractivity contribution >= 4 is 11.8 Å². The fraction of sp³-hybridized carbons (Fsp3) is 0.538. The number of carbonyl (C=O) groups is 1. The Hall–Kier alpha value is -1.78. The molecule has 2 rings (SSSR count). The first-order chi connectivity index (χ1) is 8.65. The van der Waals surface area contributed by atoms with Crippen LogP contribution in [0.4, 0.5) is 5.82 Å². The van der Waals surface area contributed by atoms with Crippen LogP contribution in [-0.2, 0) is 4.74 Å². The van der Waals surface area contributed by atoms with Gasteiger partial charge in [-0.1, -0.05) is 0 Å².